The van der Waals surface area contributed by atoms with Crippen LogP contribution in [0.15, 0.2) is 146 Å². The highest BCUT2D eigenvalue weighted by atomic mass is 16.6. The Labute approximate surface area is 361 Å². The van der Waals surface area contributed by atoms with E-state index in [1.807, 2.05) is 104 Å². The zero-order valence-corrected chi connectivity index (χ0v) is 35.8. The van der Waals surface area contributed by atoms with Crippen LogP contribution in [-0.2, 0) is 20.7 Å². The van der Waals surface area contributed by atoms with Crippen LogP contribution in [0.4, 0.5) is 11.4 Å². The number of hydrogen-bond donors (Lipinski definition) is 0. The van der Waals surface area contributed by atoms with Gasteiger partial charge in [0.25, 0.3) is 11.8 Å². The van der Waals surface area contributed by atoms with E-state index in [2.05, 4.69) is 20.8 Å². The first kappa shape index (κ1) is 41.5. The van der Waals surface area contributed by atoms with Crippen LogP contribution in [0.25, 0.3) is 0 Å². The molecular formula is C52H48N2O8. The number of ether oxygens (including phenoxy) is 4. The Bertz CT molecular complexity index is 2660. The highest BCUT2D eigenvalue weighted by molar-refractivity contribution is 6.21. The summed E-state index contributed by atoms with van der Waals surface area (Å²) in [7, 11) is 0. The summed E-state index contributed by atoms with van der Waals surface area (Å²) >= 11 is 0. The summed E-state index contributed by atoms with van der Waals surface area (Å²) in [6, 6.07) is 43.8. The molecule has 10 heteroatoms. The molecule has 2 atom stereocenters. The molecule has 0 aliphatic carbocycles. The van der Waals surface area contributed by atoms with Gasteiger partial charge in [-0.1, -0.05) is 81.4 Å². The van der Waals surface area contributed by atoms with Crippen molar-refractivity contribution < 1.29 is 38.1 Å². The Morgan fingerprint density at radius 1 is 0.581 bits per heavy atom. The van der Waals surface area contributed by atoms with Gasteiger partial charge < -0.3 is 18.9 Å². The fourth-order valence-corrected chi connectivity index (χ4v) is 8.25. The van der Waals surface area contributed by atoms with E-state index >= 15 is 0 Å². The van der Waals surface area contributed by atoms with E-state index in [1.54, 1.807) is 72.2 Å². The molecule has 0 fully saturated rings. The molecule has 0 saturated carbocycles. The van der Waals surface area contributed by atoms with Crippen LogP contribution in [0.1, 0.15) is 97.9 Å². The van der Waals surface area contributed by atoms with Gasteiger partial charge in [0.15, 0.2) is 5.66 Å². The maximum atomic E-state index is 14.7. The molecule has 8 rings (SSSR count). The van der Waals surface area contributed by atoms with E-state index in [0.717, 1.165) is 17.5 Å². The second-order valence-electron chi connectivity index (χ2n) is 16.6. The van der Waals surface area contributed by atoms with Crippen LogP contribution in [0.2, 0.25) is 0 Å². The number of rotatable bonds is 12. The molecule has 314 valence electrons. The number of amides is 2. The molecule has 0 aromatic heterocycles. The Kier molecular flexibility index (Phi) is 10.7. The molecule has 2 aliphatic rings. The van der Waals surface area contributed by atoms with E-state index < -0.39 is 17.2 Å². The number of hydrogen-bond acceptors (Lipinski definition) is 8. The quantitative estimate of drug-likeness (QED) is 0.0886. The zero-order valence-electron chi connectivity index (χ0n) is 35.8. The zero-order chi connectivity index (χ0) is 44.0. The van der Waals surface area contributed by atoms with Crippen LogP contribution >= 0.6 is 0 Å². The predicted octanol–water partition coefficient (Wildman–Crippen LogP) is 10.4. The lowest BCUT2D eigenvalue weighted by Gasteiger charge is -2.43. The van der Waals surface area contributed by atoms with Crippen molar-refractivity contribution in [3.63, 3.8) is 0 Å². The van der Waals surface area contributed by atoms with E-state index in [0.29, 0.717) is 50.9 Å². The number of carbonyl (C=O) groups is 4. The summed E-state index contributed by atoms with van der Waals surface area (Å²) < 4.78 is 23.3. The number of esters is 2. The molecule has 1 spiro atoms. The van der Waals surface area contributed by atoms with Gasteiger partial charge in [0, 0.05) is 46.0 Å². The van der Waals surface area contributed by atoms with Gasteiger partial charge in [-0.25, -0.2) is 4.79 Å². The van der Waals surface area contributed by atoms with Crippen molar-refractivity contribution in [2.45, 2.75) is 77.7 Å². The molecule has 0 bridgehead atoms. The third-order valence-electron chi connectivity index (χ3n) is 11.7. The average Bonchev–Trinajstić information content (AvgIpc) is 3.67. The topological polar surface area (TPSA) is 112 Å². The summed E-state index contributed by atoms with van der Waals surface area (Å²) in [6.45, 7) is 12.9. The summed E-state index contributed by atoms with van der Waals surface area (Å²) in [6.07, 6.45) is 0.862. The van der Waals surface area contributed by atoms with Gasteiger partial charge in [-0.3, -0.25) is 24.2 Å². The molecule has 2 aliphatic heterocycles. The normalized spacial score (nSPS) is 16.2. The fourth-order valence-electron chi connectivity index (χ4n) is 8.25. The number of carbonyl (C=O) groups excluding carboxylic acids is 4. The van der Waals surface area contributed by atoms with E-state index in [9.17, 15) is 19.2 Å². The van der Waals surface area contributed by atoms with Gasteiger partial charge >= 0.3 is 11.9 Å². The van der Waals surface area contributed by atoms with Crippen molar-refractivity contribution >= 4 is 35.1 Å². The van der Waals surface area contributed by atoms with Gasteiger partial charge in [-0.2, -0.15) is 0 Å². The highest BCUT2D eigenvalue weighted by Crippen LogP contribution is 2.55. The Morgan fingerprint density at radius 3 is 1.47 bits per heavy atom. The molecule has 6 aromatic rings. The summed E-state index contributed by atoms with van der Waals surface area (Å²) in [4.78, 5) is 57.6. The minimum absolute atomic E-state index is 0.0184. The van der Waals surface area contributed by atoms with Gasteiger partial charge in [-0.15, -0.1) is 0 Å². The van der Waals surface area contributed by atoms with Crippen molar-refractivity contribution in [2.24, 2.45) is 0 Å². The highest BCUT2D eigenvalue weighted by Gasteiger charge is 2.62. The number of anilines is 2. The third-order valence-corrected chi connectivity index (χ3v) is 11.7. The summed E-state index contributed by atoms with van der Waals surface area (Å²) in [5.74, 6) is 0.381. The second kappa shape index (κ2) is 16.0. The van der Waals surface area contributed by atoms with E-state index in [4.69, 9.17) is 18.9 Å². The molecule has 2 amide bonds. The second-order valence-corrected chi connectivity index (χ2v) is 16.6. The molecule has 62 heavy (non-hydrogen) atoms. The Balaban J connectivity index is 1.05. The predicted molar refractivity (Wildman–Crippen MR) is 237 cm³/mol. The maximum Gasteiger partial charge on any atom is 0.355 e. The number of nitrogens with zero attached hydrogens (tertiary/aromatic N) is 2. The first-order valence-electron chi connectivity index (χ1n) is 20.7. The molecule has 10 nitrogen and oxygen atoms in total. The summed E-state index contributed by atoms with van der Waals surface area (Å²) in [5, 5.41) is 0. The standard InChI is InChI=1S/C52H48N2O8/c1-8-33(2)59-39-29-21-37(22-30-39)53-47(56)43-13-9-11-15-45(43)52(53)46-16-12-10-14-44(46)48(57)54(52)38-23-31-41(32-24-38)61-49(58)51(6,7)62-42-27-19-36(20-28-42)50(4,5)35-17-25-40(26-18-35)60-34(3)55/h9-33H,8H2,1-7H3. The van der Waals surface area contributed by atoms with Crippen molar-refractivity contribution in [1.82, 2.24) is 0 Å². The van der Waals surface area contributed by atoms with Crippen LogP contribution < -0.4 is 28.7 Å². The maximum absolute atomic E-state index is 14.7. The van der Waals surface area contributed by atoms with E-state index in [-0.39, 0.29) is 35.1 Å². The van der Waals surface area contributed by atoms with Crippen molar-refractivity contribution in [2.75, 3.05) is 9.80 Å². The van der Waals surface area contributed by atoms with Gasteiger partial charge in [-0.05, 0) is 123 Å². The lowest BCUT2D eigenvalue weighted by Crippen LogP contribution is -2.56. The smallest absolute Gasteiger partial charge is 0.355 e. The molecule has 0 saturated heterocycles. The molecule has 0 N–H and O–H groups in total. The van der Waals surface area contributed by atoms with Crippen LogP contribution in [-0.4, -0.2) is 35.5 Å². The summed E-state index contributed by atoms with van der Waals surface area (Å²) in [5.41, 5.74) is 2.32. The average molecular weight is 829 g/mol. The first-order valence-corrected chi connectivity index (χ1v) is 20.7. The third kappa shape index (κ3) is 7.25. The van der Waals surface area contributed by atoms with Gasteiger partial charge in [0.2, 0.25) is 5.60 Å². The van der Waals surface area contributed by atoms with Crippen LogP contribution in [0, 0.1) is 0 Å². The lowest BCUT2D eigenvalue weighted by atomic mass is 9.78. The van der Waals surface area contributed by atoms with Crippen molar-refractivity contribution in [3.8, 4) is 23.0 Å². The molecule has 0 radical (unpaired) electrons. The van der Waals surface area contributed by atoms with Crippen molar-refractivity contribution in [3.05, 3.63) is 179 Å². The van der Waals surface area contributed by atoms with Crippen LogP contribution in [0.5, 0.6) is 23.0 Å². The molecular weight excluding hydrogens is 781 g/mol. The molecule has 6 aromatic carbocycles. The molecule has 2 unspecified atom stereocenters. The monoisotopic (exact) mass is 828 g/mol. The molecule has 2 heterocycles. The van der Waals surface area contributed by atoms with E-state index in [1.165, 1.54) is 6.92 Å². The fraction of sp³-hybridized carbons (Fsp3) is 0.231. The van der Waals surface area contributed by atoms with Crippen LogP contribution in [0.3, 0.4) is 0 Å². The minimum atomic E-state index is -1.37. The Hall–Kier alpha value is -7.20. The largest absolute Gasteiger partial charge is 0.491 e. The first-order chi connectivity index (χ1) is 29.6. The SMILES string of the molecule is CCC(C)Oc1ccc(N2C(=O)c3ccccc3C23c2ccccc2C(=O)N3c2ccc(OC(=O)C(C)(C)Oc3ccc(C(C)(C)c4ccc(OC(C)=O)cc4)cc3)cc2)cc1. The minimum Gasteiger partial charge on any atom is -0.491 e. The van der Waals surface area contributed by atoms with Gasteiger partial charge in [0.1, 0.15) is 23.0 Å². The van der Waals surface area contributed by atoms with Gasteiger partial charge in [0.05, 0.1) is 6.10 Å². The number of fused-ring (bicyclic) bond motifs is 4. The lowest BCUT2D eigenvalue weighted by molar-refractivity contribution is -0.149. The Morgan fingerprint density at radius 2 is 1.00 bits per heavy atom. The van der Waals surface area contributed by atoms with Crippen molar-refractivity contribution in [1.29, 1.82) is 0 Å². The number of benzene rings is 6.